The van der Waals surface area contributed by atoms with Gasteiger partial charge in [-0.25, -0.2) is 10.4 Å². The molecule has 1 aliphatic heterocycles. The molecule has 1 atom stereocenters. The van der Waals surface area contributed by atoms with Gasteiger partial charge in [-0.15, -0.1) is 0 Å². The Kier molecular flexibility index (Phi) is 6.69. The number of hydrazone groups is 1. The summed E-state index contributed by atoms with van der Waals surface area (Å²) in [6, 6.07) is 11.2. The number of methoxy groups -OCH3 is 1. The minimum Gasteiger partial charge on any atom is -0.496 e. The standard InChI is InChI=1S/C19H17Cl2N5O3/c1-29-16-5-3-2-4-11(16)10-22-26-19-24-15(18(28)25-19)9-17(27)23-14-7-6-12(20)8-13(14)21/h2-8,10,15H,9H2,1H3,(H,23,27)(H2,24,25,26,28)/b22-10+. The largest absolute Gasteiger partial charge is 0.496 e. The number of anilines is 1. The highest BCUT2D eigenvalue weighted by Gasteiger charge is 2.28. The van der Waals surface area contributed by atoms with Crippen molar-refractivity contribution >= 4 is 52.9 Å². The highest BCUT2D eigenvalue weighted by atomic mass is 35.5. The van der Waals surface area contributed by atoms with Crippen LogP contribution in [0.2, 0.25) is 10.0 Å². The Morgan fingerprint density at radius 1 is 1.31 bits per heavy atom. The van der Waals surface area contributed by atoms with E-state index in [1.807, 2.05) is 18.2 Å². The van der Waals surface area contributed by atoms with Crippen LogP contribution in [-0.4, -0.2) is 37.1 Å². The molecule has 10 heteroatoms. The van der Waals surface area contributed by atoms with Gasteiger partial charge in [0, 0.05) is 10.6 Å². The van der Waals surface area contributed by atoms with Crippen molar-refractivity contribution in [2.45, 2.75) is 12.5 Å². The molecular weight excluding hydrogens is 417 g/mol. The van der Waals surface area contributed by atoms with Gasteiger partial charge in [-0.2, -0.15) is 5.10 Å². The van der Waals surface area contributed by atoms with Crippen LogP contribution in [0.4, 0.5) is 5.69 Å². The van der Waals surface area contributed by atoms with Crippen LogP contribution in [0.3, 0.4) is 0 Å². The number of rotatable bonds is 6. The average molecular weight is 434 g/mol. The van der Waals surface area contributed by atoms with Crippen LogP contribution >= 0.6 is 23.2 Å². The van der Waals surface area contributed by atoms with E-state index < -0.39 is 17.9 Å². The van der Waals surface area contributed by atoms with Crippen molar-refractivity contribution in [3.63, 3.8) is 0 Å². The number of hydrogen-bond acceptors (Lipinski definition) is 6. The van der Waals surface area contributed by atoms with Gasteiger partial charge in [-0.05, 0) is 30.3 Å². The van der Waals surface area contributed by atoms with E-state index in [2.05, 4.69) is 26.2 Å². The summed E-state index contributed by atoms with van der Waals surface area (Å²) in [5.74, 6) is 0.00330. The fraction of sp³-hybridized carbons (Fsp3) is 0.158. The van der Waals surface area contributed by atoms with Crippen molar-refractivity contribution in [2.24, 2.45) is 10.1 Å². The molecule has 0 radical (unpaired) electrons. The highest BCUT2D eigenvalue weighted by Crippen LogP contribution is 2.25. The van der Waals surface area contributed by atoms with Crippen LogP contribution in [0.5, 0.6) is 5.75 Å². The second-order valence-corrected chi connectivity index (χ2v) is 6.81. The third-order valence-corrected chi connectivity index (χ3v) is 4.47. The van der Waals surface area contributed by atoms with Crippen molar-refractivity contribution in [3.05, 3.63) is 58.1 Å². The molecule has 1 unspecified atom stereocenters. The Morgan fingerprint density at radius 3 is 2.86 bits per heavy atom. The zero-order chi connectivity index (χ0) is 20.8. The molecule has 1 aliphatic rings. The molecule has 3 N–H and O–H groups in total. The van der Waals surface area contributed by atoms with Crippen molar-refractivity contribution in [3.8, 4) is 5.75 Å². The summed E-state index contributed by atoms with van der Waals surface area (Å²) in [6.45, 7) is 0. The molecular formula is C19H17Cl2N5O3. The summed E-state index contributed by atoms with van der Waals surface area (Å²) < 4.78 is 5.23. The van der Waals surface area contributed by atoms with Crippen molar-refractivity contribution in [1.29, 1.82) is 0 Å². The third-order valence-electron chi connectivity index (χ3n) is 3.93. The summed E-state index contributed by atoms with van der Waals surface area (Å²) in [6.07, 6.45) is 1.39. The van der Waals surface area contributed by atoms with Crippen LogP contribution in [0.1, 0.15) is 12.0 Å². The van der Waals surface area contributed by atoms with Crippen LogP contribution < -0.4 is 20.8 Å². The predicted octanol–water partition coefficient (Wildman–Crippen LogP) is 2.81. The number of aliphatic imine (C=N–C) groups is 1. The molecule has 8 nitrogen and oxygen atoms in total. The van der Waals surface area contributed by atoms with Gasteiger partial charge in [-0.1, -0.05) is 35.3 Å². The summed E-state index contributed by atoms with van der Waals surface area (Å²) >= 11 is 11.9. The van der Waals surface area contributed by atoms with Gasteiger partial charge in [0.25, 0.3) is 5.91 Å². The molecule has 0 saturated carbocycles. The molecule has 0 saturated heterocycles. The van der Waals surface area contributed by atoms with Crippen molar-refractivity contribution in [1.82, 2.24) is 10.7 Å². The van der Waals surface area contributed by atoms with E-state index >= 15 is 0 Å². The minimum absolute atomic E-state index is 0.147. The van der Waals surface area contributed by atoms with Crippen LogP contribution in [-0.2, 0) is 9.59 Å². The molecule has 2 aromatic rings. The number of benzene rings is 2. The molecule has 2 aromatic carbocycles. The first-order valence-electron chi connectivity index (χ1n) is 8.52. The maximum Gasteiger partial charge on any atom is 0.252 e. The summed E-state index contributed by atoms with van der Waals surface area (Å²) in [5, 5.41) is 9.97. The molecule has 1 heterocycles. The molecule has 0 aromatic heterocycles. The lowest BCUT2D eigenvalue weighted by molar-refractivity contribution is -0.123. The molecule has 0 spiro atoms. The molecule has 2 amide bonds. The lowest BCUT2D eigenvalue weighted by atomic mass is 10.2. The first kappa shape index (κ1) is 20.6. The second-order valence-electron chi connectivity index (χ2n) is 5.97. The highest BCUT2D eigenvalue weighted by molar-refractivity contribution is 6.36. The molecule has 150 valence electrons. The molecule has 0 fully saturated rings. The van der Waals surface area contributed by atoms with E-state index in [4.69, 9.17) is 27.9 Å². The van der Waals surface area contributed by atoms with E-state index in [9.17, 15) is 9.59 Å². The Balaban J connectivity index is 1.58. The number of halogens is 2. The van der Waals surface area contributed by atoms with Gasteiger partial charge in [0.1, 0.15) is 11.8 Å². The normalized spacial score (nSPS) is 15.8. The molecule has 0 bridgehead atoms. The fourth-order valence-corrected chi connectivity index (χ4v) is 3.00. The van der Waals surface area contributed by atoms with Gasteiger partial charge in [0.2, 0.25) is 11.9 Å². The smallest absolute Gasteiger partial charge is 0.252 e. The Morgan fingerprint density at radius 2 is 2.10 bits per heavy atom. The van der Waals surface area contributed by atoms with Gasteiger partial charge in [0.15, 0.2) is 0 Å². The van der Waals surface area contributed by atoms with E-state index in [1.54, 1.807) is 25.3 Å². The molecule has 3 rings (SSSR count). The Labute approximate surface area is 176 Å². The van der Waals surface area contributed by atoms with Crippen molar-refractivity contribution < 1.29 is 14.3 Å². The summed E-state index contributed by atoms with van der Waals surface area (Å²) in [4.78, 5) is 28.4. The maximum atomic E-state index is 12.2. The third kappa shape index (κ3) is 5.46. The summed E-state index contributed by atoms with van der Waals surface area (Å²) in [7, 11) is 1.56. The number of amides is 2. The van der Waals surface area contributed by atoms with E-state index in [-0.39, 0.29) is 12.4 Å². The Bertz CT molecular complexity index is 994. The van der Waals surface area contributed by atoms with Gasteiger partial charge < -0.3 is 10.1 Å². The van der Waals surface area contributed by atoms with Gasteiger partial charge in [0.05, 0.1) is 30.5 Å². The topological polar surface area (TPSA) is 104 Å². The van der Waals surface area contributed by atoms with Crippen LogP contribution in [0, 0.1) is 0 Å². The zero-order valence-corrected chi connectivity index (χ0v) is 16.8. The number of nitrogens with one attached hydrogen (secondary N) is 3. The average Bonchev–Trinajstić information content (AvgIpc) is 3.03. The number of carbonyl (C=O) groups is 2. The Hall–Kier alpha value is -3.10. The van der Waals surface area contributed by atoms with E-state index in [0.29, 0.717) is 21.5 Å². The first-order chi connectivity index (χ1) is 14.0. The number of para-hydroxylation sites is 1. The zero-order valence-electron chi connectivity index (χ0n) is 15.3. The van der Waals surface area contributed by atoms with Crippen LogP contribution in [0.15, 0.2) is 52.6 Å². The van der Waals surface area contributed by atoms with Gasteiger partial charge >= 0.3 is 0 Å². The maximum absolute atomic E-state index is 12.2. The van der Waals surface area contributed by atoms with Gasteiger partial charge in [-0.3, -0.25) is 14.9 Å². The van der Waals surface area contributed by atoms with Crippen LogP contribution in [0.25, 0.3) is 0 Å². The lowest BCUT2D eigenvalue weighted by Gasteiger charge is -2.08. The second kappa shape index (κ2) is 9.40. The summed E-state index contributed by atoms with van der Waals surface area (Å²) in [5.41, 5.74) is 3.80. The fourth-order valence-electron chi connectivity index (χ4n) is 2.55. The van der Waals surface area contributed by atoms with E-state index in [0.717, 1.165) is 5.56 Å². The number of hydrogen-bond donors (Lipinski definition) is 3. The number of nitrogens with zero attached hydrogens (tertiary/aromatic N) is 2. The quantitative estimate of drug-likeness (QED) is 0.481. The van der Waals surface area contributed by atoms with E-state index in [1.165, 1.54) is 12.3 Å². The molecule has 29 heavy (non-hydrogen) atoms. The first-order valence-corrected chi connectivity index (χ1v) is 9.27. The predicted molar refractivity (Wildman–Crippen MR) is 113 cm³/mol. The minimum atomic E-state index is -0.870. The number of ether oxygens (including phenoxy) is 1. The molecule has 0 aliphatic carbocycles. The number of carbonyl (C=O) groups excluding carboxylic acids is 2. The van der Waals surface area contributed by atoms with Crippen molar-refractivity contribution in [2.75, 3.05) is 12.4 Å². The SMILES string of the molecule is COc1ccccc1/C=N/NC1=NC(CC(=O)Nc2ccc(Cl)cc2Cl)C(=O)N1. The lowest BCUT2D eigenvalue weighted by Crippen LogP contribution is -2.35. The monoisotopic (exact) mass is 433 g/mol. The number of guanidine groups is 1.